The van der Waals surface area contributed by atoms with E-state index in [-0.39, 0.29) is 6.10 Å². The maximum atomic E-state index is 5.59. The third-order valence-corrected chi connectivity index (χ3v) is 2.48. The van der Waals surface area contributed by atoms with Crippen LogP contribution >= 0.6 is 0 Å². The van der Waals surface area contributed by atoms with Gasteiger partial charge in [0.15, 0.2) is 11.5 Å². The summed E-state index contributed by atoms with van der Waals surface area (Å²) in [6.45, 7) is 2.31. The van der Waals surface area contributed by atoms with E-state index in [9.17, 15) is 0 Å². The molecule has 0 aliphatic carbocycles. The van der Waals surface area contributed by atoms with Crippen molar-refractivity contribution in [1.29, 1.82) is 0 Å². The van der Waals surface area contributed by atoms with E-state index in [0.717, 1.165) is 37.7 Å². The molecule has 3 heteroatoms. The molecule has 0 saturated carbocycles. The van der Waals surface area contributed by atoms with Gasteiger partial charge >= 0.3 is 0 Å². The molecule has 2 aliphatic heterocycles. The SMILES string of the molecule is c1cc2c(cc1[C@H]1CO1)OCCCO2. The van der Waals surface area contributed by atoms with Gasteiger partial charge in [-0.15, -0.1) is 0 Å². The molecule has 0 radical (unpaired) electrons. The first-order chi connectivity index (χ1) is 6.93. The lowest BCUT2D eigenvalue weighted by molar-refractivity contribution is 0.297. The van der Waals surface area contributed by atoms with Crippen LogP contribution in [-0.2, 0) is 4.74 Å². The standard InChI is InChI=1S/C11H12O3/c1-4-12-9-3-2-8(11-7-14-11)6-10(9)13-5-1/h2-3,6,11H,1,4-5,7H2/t11-/m1/s1. The Morgan fingerprint density at radius 3 is 2.64 bits per heavy atom. The minimum atomic E-state index is 0.284. The van der Waals surface area contributed by atoms with E-state index in [1.807, 2.05) is 18.2 Å². The first-order valence-electron chi connectivity index (χ1n) is 4.94. The molecule has 2 heterocycles. The summed E-state index contributed by atoms with van der Waals surface area (Å²) in [7, 11) is 0. The Morgan fingerprint density at radius 1 is 1.07 bits per heavy atom. The maximum Gasteiger partial charge on any atom is 0.161 e. The van der Waals surface area contributed by atoms with Gasteiger partial charge in [0.2, 0.25) is 0 Å². The summed E-state index contributed by atoms with van der Waals surface area (Å²) in [6, 6.07) is 6.04. The van der Waals surface area contributed by atoms with Gasteiger partial charge in [0.05, 0.1) is 19.8 Å². The van der Waals surface area contributed by atoms with Crippen molar-refractivity contribution in [2.75, 3.05) is 19.8 Å². The zero-order chi connectivity index (χ0) is 9.38. The lowest BCUT2D eigenvalue weighted by Gasteiger charge is -2.07. The van der Waals surface area contributed by atoms with Gasteiger partial charge < -0.3 is 14.2 Å². The molecule has 3 rings (SSSR count). The fourth-order valence-electron chi connectivity index (χ4n) is 1.62. The van der Waals surface area contributed by atoms with Crippen molar-refractivity contribution in [3.8, 4) is 11.5 Å². The summed E-state index contributed by atoms with van der Waals surface area (Å²) in [5.74, 6) is 1.71. The van der Waals surface area contributed by atoms with Gasteiger partial charge in [-0.1, -0.05) is 6.07 Å². The highest BCUT2D eigenvalue weighted by atomic mass is 16.6. The highest BCUT2D eigenvalue weighted by molar-refractivity contribution is 5.44. The van der Waals surface area contributed by atoms with Crippen LogP contribution < -0.4 is 9.47 Å². The van der Waals surface area contributed by atoms with E-state index in [0.29, 0.717) is 0 Å². The van der Waals surface area contributed by atoms with Crippen molar-refractivity contribution in [2.24, 2.45) is 0 Å². The summed E-state index contributed by atoms with van der Waals surface area (Å²) in [5.41, 5.74) is 1.19. The van der Waals surface area contributed by atoms with E-state index >= 15 is 0 Å². The predicted octanol–water partition coefficient (Wildman–Crippen LogP) is 1.92. The highest BCUT2D eigenvalue weighted by Crippen LogP contribution is 2.37. The summed E-state index contributed by atoms with van der Waals surface area (Å²) in [5, 5.41) is 0. The zero-order valence-electron chi connectivity index (χ0n) is 7.86. The van der Waals surface area contributed by atoms with Crippen LogP contribution in [0.3, 0.4) is 0 Å². The third-order valence-electron chi connectivity index (χ3n) is 2.48. The van der Waals surface area contributed by atoms with Gasteiger partial charge in [-0.3, -0.25) is 0 Å². The van der Waals surface area contributed by atoms with Gasteiger partial charge in [-0.05, 0) is 17.7 Å². The molecule has 1 fully saturated rings. The Bertz CT molecular complexity index is 344. The van der Waals surface area contributed by atoms with Gasteiger partial charge in [0, 0.05) is 6.42 Å². The second-order valence-corrected chi connectivity index (χ2v) is 3.58. The molecule has 1 atom stereocenters. The smallest absolute Gasteiger partial charge is 0.161 e. The summed E-state index contributed by atoms with van der Waals surface area (Å²) >= 11 is 0. The van der Waals surface area contributed by atoms with Crippen molar-refractivity contribution in [2.45, 2.75) is 12.5 Å². The molecule has 3 nitrogen and oxygen atoms in total. The topological polar surface area (TPSA) is 31.0 Å². The molecule has 74 valence electrons. The molecule has 0 aromatic heterocycles. The van der Waals surface area contributed by atoms with Gasteiger partial charge in [-0.2, -0.15) is 0 Å². The summed E-state index contributed by atoms with van der Waals surface area (Å²) in [6.07, 6.45) is 1.23. The maximum absolute atomic E-state index is 5.59. The average Bonchev–Trinajstić information content (AvgIpc) is 3.04. The Kier molecular flexibility index (Phi) is 1.84. The largest absolute Gasteiger partial charge is 0.490 e. The van der Waals surface area contributed by atoms with Crippen molar-refractivity contribution < 1.29 is 14.2 Å². The number of ether oxygens (including phenoxy) is 3. The first kappa shape index (κ1) is 8.12. The molecule has 0 spiro atoms. The monoisotopic (exact) mass is 192 g/mol. The first-order valence-corrected chi connectivity index (χ1v) is 4.94. The predicted molar refractivity (Wildman–Crippen MR) is 50.7 cm³/mol. The van der Waals surface area contributed by atoms with E-state index in [1.165, 1.54) is 5.56 Å². The number of hydrogen-bond donors (Lipinski definition) is 0. The molecule has 1 saturated heterocycles. The van der Waals surface area contributed by atoms with E-state index in [2.05, 4.69) is 0 Å². The second-order valence-electron chi connectivity index (χ2n) is 3.58. The van der Waals surface area contributed by atoms with Crippen molar-refractivity contribution >= 4 is 0 Å². The molecular formula is C11H12O3. The highest BCUT2D eigenvalue weighted by Gasteiger charge is 2.26. The van der Waals surface area contributed by atoms with Crippen LogP contribution in [0, 0.1) is 0 Å². The molecule has 1 aromatic rings. The Labute approximate surface area is 82.6 Å². The van der Waals surface area contributed by atoms with Crippen LogP contribution in [0.2, 0.25) is 0 Å². The Balaban J connectivity index is 1.94. The summed E-state index contributed by atoms with van der Waals surface area (Å²) in [4.78, 5) is 0. The van der Waals surface area contributed by atoms with Gasteiger partial charge in [-0.25, -0.2) is 0 Å². The number of rotatable bonds is 1. The number of benzene rings is 1. The minimum Gasteiger partial charge on any atom is -0.490 e. The third kappa shape index (κ3) is 1.44. The number of fused-ring (bicyclic) bond motifs is 1. The molecule has 14 heavy (non-hydrogen) atoms. The zero-order valence-corrected chi connectivity index (χ0v) is 7.86. The van der Waals surface area contributed by atoms with Crippen LogP contribution in [0.5, 0.6) is 11.5 Å². The van der Waals surface area contributed by atoms with Gasteiger partial charge in [0.1, 0.15) is 6.10 Å². The fourth-order valence-corrected chi connectivity index (χ4v) is 1.62. The normalized spacial score (nSPS) is 24.1. The van der Waals surface area contributed by atoms with Crippen LogP contribution in [0.1, 0.15) is 18.1 Å². The van der Waals surface area contributed by atoms with Crippen molar-refractivity contribution in [1.82, 2.24) is 0 Å². The molecular weight excluding hydrogens is 180 g/mol. The second kappa shape index (κ2) is 3.17. The van der Waals surface area contributed by atoms with Crippen LogP contribution in [0.4, 0.5) is 0 Å². The fraction of sp³-hybridized carbons (Fsp3) is 0.455. The molecule has 0 unspecified atom stereocenters. The van der Waals surface area contributed by atoms with Crippen LogP contribution in [0.15, 0.2) is 18.2 Å². The lowest BCUT2D eigenvalue weighted by Crippen LogP contribution is -1.97. The van der Waals surface area contributed by atoms with E-state index < -0.39 is 0 Å². The van der Waals surface area contributed by atoms with Gasteiger partial charge in [0.25, 0.3) is 0 Å². The average molecular weight is 192 g/mol. The molecule has 0 N–H and O–H groups in total. The summed E-state index contributed by atoms with van der Waals surface area (Å²) < 4.78 is 16.3. The van der Waals surface area contributed by atoms with Crippen molar-refractivity contribution in [3.05, 3.63) is 23.8 Å². The Morgan fingerprint density at radius 2 is 1.86 bits per heavy atom. The molecule has 0 amide bonds. The lowest BCUT2D eigenvalue weighted by atomic mass is 10.1. The van der Waals surface area contributed by atoms with Crippen LogP contribution in [0.25, 0.3) is 0 Å². The molecule has 1 aromatic carbocycles. The van der Waals surface area contributed by atoms with E-state index in [1.54, 1.807) is 0 Å². The van der Waals surface area contributed by atoms with Crippen LogP contribution in [-0.4, -0.2) is 19.8 Å². The Hall–Kier alpha value is -1.22. The number of epoxide rings is 1. The molecule has 2 aliphatic rings. The van der Waals surface area contributed by atoms with Crippen molar-refractivity contribution in [3.63, 3.8) is 0 Å². The molecule has 0 bridgehead atoms. The van der Waals surface area contributed by atoms with E-state index in [4.69, 9.17) is 14.2 Å². The number of hydrogen-bond acceptors (Lipinski definition) is 3. The minimum absolute atomic E-state index is 0.284. The quantitative estimate of drug-likeness (QED) is 0.637.